The van der Waals surface area contributed by atoms with Gasteiger partial charge in [-0.2, -0.15) is 11.8 Å². The van der Waals surface area contributed by atoms with Gasteiger partial charge >= 0.3 is 0 Å². The van der Waals surface area contributed by atoms with Crippen LogP contribution in [0, 0.1) is 13.8 Å². The summed E-state index contributed by atoms with van der Waals surface area (Å²) in [6, 6.07) is 1.95. The van der Waals surface area contributed by atoms with Gasteiger partial charge in [-0.15, -0.1) is 0 Å². The molecule has 2 N–H and O–H groups in total. The molecule has 0 atom stereocenters. The monoisotopic (exact) mass is 284 g/mol. The van der Waals surface area contributed by atoms with Gasteiger partial charge in [0.2, 0.25) is 0 Å². The van der Waals surface area contributed by atoms with Crippen molar-refractivity contribution in [2.45, 2.75) is 33.7 Å². The zero-order valence-corrected chi connectivity index (χ0v) is 12.8. The van der Waals surface area contributed by atoms with Gasteiger partial charge in [0, 0.05) is 36.8 Å². The summed E-state index contributed by atoms with van der Waals surface area (Å²) in [6.07, 6.45) is 0.816. The maximum Gasteiger partial charge on any atom is 0.253 e. The Bertz CT molecular complexity index is 416. The molecule has 0 fully saturated rings. The minimum absolute atomic E-state index is 0.00978. The van der Waals surface area contributed by atoms with Gasteiger partial charge in [0.15, 0.2) is 0 Å². The van der Waals surface area contributed by atoms with Crippen molar-refractivity contribution in [2.24, 2.45) is 0 Å². The summed E-state index contributed by atoms with van der Waals surface area (Å²) in [6.45, 7) is 7.90. The number of aromatic nitrogens is 1. The van der Waals surface area contributed by atoms with Crippen LogP contribution >= 0.6 is 11.8 Å². The van der Waals surface area contributed by atoms with Gasteiger partial charge in [-0.25, -0.2) is 0 Å². The summed E-state index contributed by atoms with van der Waals surface area (Å²) < 4.78 is 2.14. The number of hydrogen-bond acceptors (Lipinski definition) is 3. The van der Waals surface area contributed by atoms with Crippen LogP contribution in [0.2, 0.25) is 0 Å². The van der Waals surface area contributed by atoms with E-state index in [1.807, 2.05) is 19.9 Å². The van der Waals surface area contributed by atoms with Crippen LogP contribution in [0.1, 0.15) is 35.1 Å². The van der Waals surface area contributed by atoms with Gasteiger partial charge < -0.3 is 15.0 Å². The number of aliphatic hydroxyl groups is 1. The van der Waals surface area contributed by atoms with Crippen LogP contribution in [0.5, 0.6) is 0 Å². The van der Waals surface area contributed by atoms with Crippen LogP contribution in [0.25, 0.3) is 0 Å². The molecule has 0 aliphatic rings. The fraction of sp³-hybridized carbons (Fsp3) is 0.643. The topological polar surface area (TPSA) is 54.3 Å². The van der Waals surface area contributed by atoms with Crippen molar-refractivity contribution in [3.8, 4) is 0 Å². The van der Waals surface area contributed by atoms with Crippen LogP contribution in [0.3, 0.4) is 0 Å². The quantitative estimate of drug-likeness (QED) is 0.718. The maximum absolute atomic E-state index is 12.1. The number of amides is 1. The summed E-state index contributed by atoms with van der Waals surface area (Å²) in [5, 5.41) is 11.6. The lowest BCUT2D eigenvalue weighted by atomic mass is 10.2. The van der Waals surface area contributed by atoms with Gasteiger partial charge in [-0.3, -0.25) is 4.79 Å². The van der Waals surface area contributed by atoms with Crippen LogP contribution in [-0.2, 0) is 6.54 Å². The van der Waals surface area contributed by atoms with Crippen molar-refractivity contribution in [1.29, 1.82) is 0 Å². The highest BCUT2D eigenvalue weighted by Crippen LogP contribution is 2.14. The smallest absolute Gasteiger partial charge is 0.253 e. The minimum Gasteiger partial charge on any atom is -0.396 e. The van der Waals surface area contributed by atoms with E-state index < -0.39 is 0 Å². The average molecular weight is 284 g/mol. The van der Waals surface area contributed by atoms with Crippen molar-refractivity contribution in [3.63, 3.8) is 0 Å². The molecular weight excluding hydrogens is 260 g/mol. The molecule has 1 rings (SSSR count). The predicted molar refractivity (Wildman–Crippen MR) is 80.9 cm³/mol. The Morgan fingerprint density at radius 1 is 1.42 bits per heavy atom. The maximum atomic E-state index is 12.1. The first-order chi connectivity index (χ1) is 9.11. The lowest BCUT2D eigenvalue weighted by Crippen LogP contribution is -2.26. The van der Waals surface area contributed by atoms with Crippen LogP contribution in [0.4, 0.5) is 0 Å². The summed E-state index contributed by atoms with van der Waals surface area (Å²) in [5.74, 6) is 1.84. The normalized spacial score (nSPS) is 10.7. The van der Waals surface area contributed by atoms with E-state index in [0.29, 0.717) is 6.54 Å². The Morgan fingerprint density at radius 2 is 2.16 bits per heavy atom. The first kappa shape index (κ1) is 16.1. The fourth-order valence-electron chi connectivity index (χ4n) is 2.12. The Morgan fingerprint density at radius 3 is 2.74 bits per heavy atom. The van der Waals surface area contributed by atoms with Crippen LogP contribution in [-0.4, -0.2) is 40.2 Å². The molecular formula is C14H24N2O2S. The van der Waals surface area contributed by atoms with Crippen LogP contribution < -0.4 is 5.32 Å². The van der Waals surface area contributed by atoms with Gasteiger partial charge in [0.05, 0.1) is 5.56 Å². The molecule has 0 radical (unpaired) electrons. The van der Waals surface area contributed by atoms with Gasteiger partial charge in [0.25, 0.3) is 5.91 Å². The second kappa shape index (κ2) is 8.27. The number of hydrogen-bond donors (Lipinski definition) is 2. The number of rotatable bonds is 8. The summed E-state index contributed by atoms with van der Waals surface area (Å²) in [5.41, 5.74) is 2.94. The third-order valence-electron chi connectivity index (χ3n) is 3.11. The molecule has 0 spiro atoms. The first-order valence-electron chi connectivity index (χ1n) is 6.75. The largest absolute Gasteiger partial charge is 0.396 e. The number of nitrogens with zero attached hydrogens (tertiary/aromatic N) is 1. The molecule has 5 heteroatoms. The Labute approximate surface area is 119 Å². The van der Waals surface area contributed by atoms with Gasteiger partial charge in [0.1, 0.15) is 0 Å². The molecule has 0 unspecified atom stereocenters. The summed E-state index contributed by atoms with van der Waals surface area (Å²) >= 11 is 1.75. The average Bonchev–Trinajstić information content (AvgIpc) is 2.68. The van der Waals surface area contributed by atoms with E-state index >= 15 is 0 Å². The number of carbonyl (C=O) groups is 1. The molecule has 108 valence electrons. The van der Waals surface area contributed by atoms with Gasteiger partial charge in [-0.1, -0.05) is 0 Å². The Balaban J connectivity index is 2.42. The standard InChI is InChI=1S/C14H24N2O2S/c1-4-16-11(2)10-13(12(16)3)14(18)15-6-9-19-8-5-7-17/h10,17H,4-9H2,1-3H3,(H,15,18). The van der Waals surface area contributed by atoms with Crippen LogP contribution in [0.15, 0.2) is 6.07 Å². The van der Waals surface area contributed by atoms with E-state index in [0.717, 1.165) is 41.4 Å². The zero-order chi connectivity index (χ0) is 14.3. The third kappa shape index (κ3) is 4.58. The van der Waals surface area contributed by atoms with Crippen molar-refractivity contribution in [1.82, 2.24) is 9.88 Å². The van der Waals surface area contributed by atoms with Gasteiger partial charge in [-0.05, 0) is 39.0 Å². The fourth-order valence-corrected chi connectivity index (χ4v) is 2.90. The lowest BCUT2D eigenvalue weighted by Gasteiger charge is -2.07. The number of aryl methyl sites for hydroxylation is 1. The second-order valence-corrected chi connectivity index (χ2v) is 5.70. The molecule has 19 heavy (non-hydrogen) atoms. The SMILES string of the molecule is CCn1c(C)cc(C(=O)NCCSCCCO)c1C. The molecule has 0 aliphatic heterocycles. The molecule has 0 saturated heterocycles. The molecule has 1 heterocycles. The molecule has 1 amide bonds. The van der Waals surface area contributed by atoms with E-state index in [1.54, 1.807) is 11.8 Å². The molecule has 0 bridgehead atoms. The summed E-state index contributed by atoms with van der Waals surface area (Å²) in [7, 11) is 0. The summed E-state index contributed by atoms with van der Waals surface area (Å²) in [4.78, 5) is 12.1. The number of nitrogens with one attached hydrogen (secondary N) is 1. The van der Waals surface area contributed by atoms with E-state index in [1.165, 1.54) is 0 Å². The number of carbonyl (C=O) groups excluding carboxylic acids is 1. The predicted octanol–water partition coefficient (Wildman–Crippen LogP) is 1.97. The first-order valence-corrected chi connectivity index (χ1v) is 7.90. The van der Waals surface area contributed by atoms with E-state index in [-0.39, 0.29) is 12.5 Å². The second-order valence-electron chi connectivity index (χ2n) is 4.47. The highest BCUT2D eigenvalue weighted by Gasteiger charge is 2.14. The van der Waals surface area contributed by atoms with E-state index in [2.05, 4.69) is 16.8 Å². The van der Waals surface area contributed by atoms with E-state index in [4.69, 9.17) is 5.11 Å². The molecule has 0 aliphatic carbocycles. The lowest BCUT2D eigenvalue weighted by molar-refractivity contribution is 0.0955. The highest BCUT2D eigenvalue weighted by atomic mass is 32.2. The van der Waals surface area contributed by atoms with Crippen molar-refractivity contribution in [3.05, 3.63) is 23.0 Å². The Kier molecular flexibility index (Phi) is 7.02. The third-order valence-corrected chi connectivity index (χ3v) is 4.18. The van der Waals surface area contributed by atoms with Crippen molar-refractivity contribution < 1.29 is 9.90 Å². The van der Waals surface area contributed by atoms with E-state index in [9.17, 15) is 4.79 Å². The molecule has 1 aromatic rings. The van der Waals surface area contributed by atoms with Crippen molar-refractivity contribution in [2.75, 3.05) is 24.7 Å². The molecule has 1 aromatic heterocycles. The van der Waals surface area contributed by atoms with Crippen molar-refractivity contribution >= 4 is 17.7 Å². The zero-order valence-electron chi connectivity index (χ0n) is 12.0. The molecule has 0 aromatic carbocycles. The Hall–Kier alpha value is -0.940. The molecule has 4 nitrogen and oxygen atoms in total. The number of aliphatic hydroxyl groups excluding tert-OH is 1. The highest BCUT2D eigenvalue weighted by molar-refractivity contribution is 7.99. The number of thioether (sulfide) groups is 1. The minimum atomic E-state index is 0.00978. The molecule has 0 saturated carbocycles.